The summed E-state index contributed by atoms with van der Waals surface area (Å²) in [6, 6.07) is 16.4. The zero-order valence-electron chi connectivity index (χ0n) is 14.7. The van der Waals surface area contributed by atoms with Crippen LogP contribution in [0.1, 0.15) is 20.3 Å². The van der Waals surface area contributed by atoms with Crippen LogP contribution in [0.3, 0.4) is 0 Å². The molecular formula is C20H25N3O2. The summed E-state index contributed by atoms with van der Waals surface area (Å²) in [5.41, 5.74) is 6.85. The van der Waals surface area contributed by atoms with E-state index in [-0.39, 0.29) is 0 Å². The predicted molar refractivity (Wildman–Crippen MR) is 101 cm³/mol. The lowest BCUT2D eigenvalue weighted by Gasteiger charge is -2.27. The Morgan fingerprint density at radius 1 is 1.16 bits per heavy atom. The Bertz CT molecular complexity index is 849. The zero-order valence-corrected chi connectivity index (χ0v) is 14.7. The summed E-state index contributed by atoms with van der Waals surface area (Å²) in [5.74, 6) is -0.404. The maximum Gasteiger partial charge on any atom is 0.237 e. The Morgan fingerprint density at radius 3 is 2.16 bits per heavy atom. The Kier molecular flexibility index (Phi) is 4.79. The van der Waals surface area contributed by atoms with Gasteiger partial charge >= 0.3 is 0 Å². The molecule has 2 atom stereocenters. The van der Waals surface area contributed by atoms with Crippen LogP contribution in [0.15, 0.2) is 48.5 Å². The second-order valence-corrected chi connectivity index (χ2v) is 6.73. The van der Waals surface area contributed by atoms with Gasteiger partial charge in [-0.25, -0.2) is 0 Å². The van der Waals surface area contributed by atoms with E-state index in [1.807, 2.05) is 31.2 Å². The number of hydrogen-bond donors (Lipinski definition) is 3. The molecule has 2 aromatic carbocycles. The molecule has 0 radical (unpaired) electrons. The van der Waals surface area contributed by atoms with Gasteiger partial charge in [0.2, 0.25) is 5.91 Å². The van der Waals surface area contributed by atoms with E-state index in [2.05, 4.69) is 34.1 Å². The predicted octanol–water partition coefficient (Wildman–Crippen LogP) is 2.40. The van der Waals surface area contributed by atoms with E-state index in [1.54, 1.807) is 6.92 Å². The average Bonchev–Trinajstić information content (AvgIpc) is 2.94. The number of aliphatic hydroxyl groups is 1. The lowest BCUT2D eigenvalue weighted by molar-refractivity contribution is -0.124. The molecule has 5 heteroatoms. The van der Waals surface area contributed by atoms with Crippen LogP contribution in [0.4, 0.5) is 0 Å². The van der Waals surface area contributed by atoms with Gasteiger partial charge in [-0.05, 0) is 25.5 Å². The normalized spacial score (nSPS) is 15.3. The standard InChI is InChI=1S/C20H25N3O2/c1-3-20(2,19(21)25)22-12-14(24)13-23-17-10-6-4-8-15(17)16-9-5-7-11-18(16)23/h4-11,14,22,24H,3,12-13H2,1-2H3,(H2,21,25). The third kappa shape index (κ3) is 3.25. The second-order valence-electron chi connectivity index (χ2n) is 6.73. The fraction of sp³-hybridized carbons (Fsp3) is 0.350. The maximum atomic E-state index is 11.6. The number of nitrogens with zero attached hydrogens (tertiary/aromatic N) is 1. The first-order valence-corrected chi connectivity index (χ1v) is 8.65. The number of fused-ring (bicyclic) bond motifs is 3. The summed E-state index contributed by atoms with van der Waals surface area (Å²) in [6.07, 6.45) is -0.0609. The first-order chi connectivity index (χ1) is 12.0. The van der Waals surface area contributed by atoms with Gasteiger partial charge in [-0.2, -0.15) is 0 Å². The largest absolute Gasteiger partial charge is 0.390 e. The molecule has 0 saturated heterocycles. The second kappa shape index (κ2) is 6.86. The summed E-state index contributed by atoms with van der Waals surface area (Å²) in [4.78, 5) is 11.6. The number of amides is 1. The number of primary amides is 1. The molecule has 3 rings (SSSR count). The summed E-state index contributed by atoms with van der Waals surface area (Å²) in [6.45, 7) is 4.41. The summed E-state index contributed by atoms with van der Waals surface area (Å²) < 4.78 is 2.13. The Balaban J connectivity index is 1.86. The third-order valence-electron chi connectivity index (χ3n) is 5.05. The highest BCUT2D eigenvalue weighted by Crippen LogP contribution is 2.28. The average molecular weight is 339 g/mol. The molecule has 25 heavy (non-hydrogen) atoms. The Hall–Kier alpha value is -2.37. The zero-order chi connectivity index (χ0) is 18.0. The molecule has 2 unspecified atom stereocenters. The third-order valence-corrected chi connectivity index (χ3v) is 5.05. The van der Waals surface area contributed by atoms with E-state index < -0.39 is 17.6 Å². The molecule has 1 aromatic heterocycles. The van der Waals surface area contributed by atoms with Crippen molar-refractivity contribution in [2.24, 2.45) is 5.73 Å². The quantitative estimate of drug-likeness (QED) is 0.618. The van der Waals surface area contributed by atoms with Gasteiger partial charge in [0.1, 0.15) is 0 Å². The highest BCUT2D eigenvalue weighted by atomic mass is 16.3. The number of aliphatic hydroxyl groups excluding tert-OH is 1. The van der Waals surface area contributed by atoms with Gasteiger partial charge in [-0.3, -0.25) is 4.79 Å². The van der Waals surface area contributed by atoms with E-state index in [0.29, 0.717) is 19.5 Å². The van der Waals surface area contributed by atoms with Gasteiger partial charge < -0.3 is 20.7 Å². The van der Waals surface area contributed by atoms with Gasteiger partial charge in [0.15, 0.2) is 0 Å². The minimum absolute atomic E-state index is 0.300. The number of benzene rings is 2. The minimum atomic E-state index is -0.804. The van der Waals surface area contributed by atoms with Crippen molar-refractivity contribution in [3.63, 3.8) is 0 Å². The molecule has 3 aromatic rings. The SMILES string of the molecule is CCC(C)(NCC(O)Cn1c2ccccc2c2ccccc21)C(N)=O. The number of β-amino-alcohol motifs (C(OH)–C–C–N with tert-alkyl or cyclic N) is 1. The molecule has 0 saturated carbocycles. The fourth-order valence-electron chi connectivity index (χ4n) is 3.20. The fourth-order valence-corrected chi connectivity index (χ4v) is 3.20. The summed E-state index contributed by atoms with van der Waals surface area (Å²) in [7, 11) is 0. The van der Waals surface area contributed by atoms with E-state index in [1.165, 1.54) is 10.8 Å². The van der Waals surface area contributed by atoms with Crippen LogP contribution in [0, 0.1) is 0 Å². The molecule has 0 aliphatic heterocycles. The van der Waals surface area contributed by atoms with E-state index in [9.17, 15) is 9.90 Å². The highest BCUT2D eigenvalue weighted by molar-refractivity contribution is 6.07. The molecular weight excluding hydrogens is 314 g/mol. The van der Waals surface area contributed by atoms with Crippen LogP contribution in [0.25, 0.3) is 21.8 Å². The Labute approximate surface area is 147 Å². The summed E-state index contributed by atoms with van der Waals surface area (Å²) in [5, 5.41) is 16.0. The van der Waals surface area contributed by atoms with Crippen LogP contribution in [0.5, 0.6) is 0 Å². The van der Waals surface area contributed by atoms with Crippen molar-refractivity contribution in [2.75, 3.05) is 6.54 Å². The van der Waals surface area contributed by atoms with Crippen LogP contribution in [-0.2, 0) is 11.3 Å². The topological polar surface area (TPSA) is 80.3 Å². The van der Waals surface area contributed by atoms with Crippen molar-refractivity contribution in [1.29, 1.82) is 0 Å². The number of carbonyl (C=O) groups excluding carboxylic acids is 1. The molecule has 0 aliphatic rings. The number of nitrogens with one attached hydrogen (secondary N) is 1. The number of hydrogen-bond acceptors (Lipinski definition) is 3. The van der Waals surface area contributed by atoms with Crippen molar-refractivity contribution in [3.05, 3.63) is 48.5 Å². The molecule has 0 bridgehead atoms. The molecule has 5 nitrogen and oxygen atoms in total. The molecule has 1 amide bonds. The van der Waals surface area contributed by atoms with Crippen molar-refractivity contribution >= 4 is 27.7 Å². The van der Waals surface area contributed by atoms with Crippen LogP contribution in [0.2, 0.25) is 0 Å². The van der Waals surface area contributed by atoms with Crippen LogP contribution in [-0.4, -0.2) is 33.8 Å². The van der Waals surface area contributed by atoms with Crippen molar-refractivity contribution in [2.45, 2.75) is 38.5 Å². The minimum Gasteiger partial charge on any atom is -0.390 e. The van der Waals surface area contributed by atoms with Crippen LogP contribution >= 0.6 is 0 Å². The van der Waals surface area contributed by atoms with Gasteiger partial charge in [-0.1, -0.05) is 43.3 Å². The molecule has 0 fully saturated rings. The van der Waals surface area contributed by atoms with E-state index in [4.69, 9.17) is 5.73 Å². The Morgan fingerprint density at radius 2 is 1.68 bits per heavy atom. The van der Waals surface area contributed by atoms with Gasteiger partial charge in [-0.15, -0.1) is 0 Å². The van der Waals surface area contributed by atoms with Crippen molar-refractivity contribution < 1.29 is 9.90 Å². The highest BCUT2D eigenvalue weighted by Gasteiger charge is 2.29. The molecule has 0 aliphatic carbocycles. The lowest BCUT2D eigenvalue weighted by Crippen LogP contribution is -2.54. The summed E-state index contributed by atoms with van der Waals surface area (Å²) >= 11 is 0. The van der Waals surface area contributed by atoms with Gasteiger partial charge in [0, 0.05) is 28.4 Å². The van der Waals surface area contributed by atoms with E-state index >= 15 is 0 Å². The first kappa shape index (κ1) is 17.5. The van der Waals surface area contributed by atoms with E-state index in [0.717, 1.165) is 11.0 Å². The number of nitrogens with two attached hydrogens (primary N) is 1. The molecule has 4 N–H and O–H groups in total. The van der Waals surface area contributed by atoms with Crippen LogP contribution < -0.4 is 11.1 Å². The number of aromatic nitrogens is 1. The van der Waals surface area contributed by atoms with Crippen molar-refractivity contribution in [1.82, 2.24) is 9.88 Å². The van der Waals surface area contributed by atoms with Gasteiger partial charge in [0.05, 0.1) is 18.2 Å². The number of rotatable bonds is 7. The van der Waals surface area contributed by atoms with Gasteiger partial charge in [0.25, 0.3) is 0 Å². The van der Waals surface area contributed by atoms with Crippen molar-refractivity contribution in [3.8, 4) is 0 Å². The molecule has 0 spiro atoms. The number of carbonyl (C=O) groups is 1. The number of para-hydroxylation sites is 2. The lowest BCUT2D eigenvalue weighted by atomic mass is 9.98. The monoisotopic (exact) mass is 339 g/mol. The first-order valence-electron chi connectivity index (χ1n) is 8.65. The molecule has 132 valence electrons. The molecule has 1 heterocycles. The smallest absolute Gasteiger partial charge is 0.237 e. The maximum absolute atomic E-state index is 11.6.